The summed E-state index contributed by atoms with van der Waals surface area (Å²) in [4.78, 5) is 39.8. The van der Waals surface area contributed by atoms with Gasteiger partial charge in [-0.15, -0.1) is 11.3 Å². The normalized spacial score (nSPS) is 11.8. The number of hydrogen-bond donors (Lipinski definition) is 0. The van der Waals surface area contributed by atoms with E-state index in [0.717, 1.165) is 16.9 Å². The molecule has 154 valence electrons. The van der Waals surface area contributed by atoms with Crippen LogP contribution in [0.2, 0.25) is 0 Å². The van der Waals surface area contributed by atoms with E-state index in [0.29, 0.717) is 33.6 Å². The zero-order chi connectivity index (χ0) is 21.3. The molecule has 29 heavy (non-hydrogen) atoms. The molecule has 6 nitrogen and oxygen atoms in total. The van der Waals surface area contributed by atoms with Crippen molar-refractivity contribution in [1.29, 1.82) is 0 Å². The number of rotatable bonds is 5. The van der Waals surface area contributed by atoms with Gasteiger partial charge in [-0.25, -0.2) is 9.59 Å². The number of ether oxygens (including phenoxy) is 1. The lowest BCUT2D eigenvalue weighted by molar-refractivity contribution is 0.0531. The van der Waals surface area contributed by atoms with Gasteiger partial charge in [0.15, 0.2) is 0 Å². The third-order valence-corrected chi connectivity index (χ3v) is 6.11. The van der Waals surface area contributed by atoms with Gasteiger partial charge in [0.1, 0.15) is 9.71 Å². The summed E-state index contributed by atoms with van der Waals surface area (Å²) in [6.45, 7) is 9.64. The first-order chi connectivity index (χ1) is 13.7. The maximum absolute atomic E-state index is 13.3. The molecule has 0 unspecified atom stereocenters. The number of carbonyl (C=O) groups excluding carboxylic acids is 1. The highest BCUT2D eigenvalue weighted by atomic mass is 32.1. The third kappa shape index (κ3) is 3.92. The van der Waals surface area contributed by atoms with Gasteiger partial charge in [-0.05, 0) is 52.2 Å². The fourth-order valence-electron chi connectivity index (χ4n) is 3.41. The average Bonchev–Trinajstić information content (AvgIpc) is 2.99. The van der Waals surface area contributed by atoms with Crippen molar-refractivity contribution >= 4 is 27.5 Å². The number of hydrogen-bond acceptors (Lipinski definition) is 5. The van der Waals surface area contributed by atoms with Crippen LogP contribution in [0.1, 0.15) is 48.5 Å². The van der Waals surface area contributed by atoms with Gasteiger partial charge in [0, 0.05) is 12.1 Å². The predicted octanol–water partition coefficient (Wildman–Crippen LogP) is 3.71. The van der Waals surface area contributed by atoms with Crippen molar-refractivity contribution in [3.63, 3.8) is 0 Å². The molecule has 0 aliphatic rings. The molecule has 0 amide bonds. The molecular weight excluding hydrogens is 388 g/mol. The number of esters is 1. The Bertz CT molecular complexity index is 1160. The Morgan fingerprint density at radius 2 is 1.79 bits per heavy atom. The van der Waals surface area contributed by atoms with Crippen LogP contribution in [0, 0.1) is 6.92 Å². The van der Waals surface area contributed by atoms with Crippen LogP contribution in [0.3, 0.4) is 0 Å². The predicted molar refractivity (Wildman–Crippen MR) is 116 cm³/mol. The maximum atomic E-state index is 13.3. The molecule has 0 spiro atoms. The molecule has 0 saturated heterocycles. The van der Waals surface area contributed by atoms with Crippen LogP contribution < -0.4 is 11.2 Å². The number of aromatic nitrogens is 2. The molecular formula is C22H26N2O4S. The van der Waals surface area contributed by atoms with E-state index in [-0.39, 0.29) is 17.9 Å². The molecule has 2 heterocycles. The molecule has 0 aliphatic heterocycles. The van der Waals surface area contributed by atoms with Crippen LogP contribution in [-0.2, 0) is 23.2 Å². The first-order valence-corrected chi connectivity index (χ1v) is 10.5. The molecule has 2 aromatic heterocycles. The SMILES string of the molecule is CCOC(=O)c1sc2c(c1C)c(=O)n(C(C)(C)C)c(=O)n2CCc1ccccc1. The Morgan fingerprint density at radius 3 is 2.38 bits per heavy atom. The minimum atomic E-state index is -0.685. The van der Waals surface area contributed by atoms with E-state index in [1.807, 2.05) is 51.1 Å². The smallest absolute Gasteiger partial charge is 0.348 e. The largest absolute Gasteiger partial charge is 0.462 e. The molecule has 3 rings (SSSR count). The quantitative estimate of drug-likeness (QED) is 0.597. The second-order valence-electron chi connectivity index (χ2n) is 7.94. The summed E-state index contributed by atoms with van der Waals surface area (Å²) in [5.74, 6) is -0.463. The second-order valence-corrected chi connectivity index (χ2v) is 8.94. The van der Waals surface area contributed by atoms with Gasteiger partial charge < -0.3 is 4.74 Å². The topological polar surface area (TPSA) is 70.3 Å². The molecule has 0 N–H and O–H groups in total. The molecule has 0 radical (unpaired) electrons. The summed E-state index contributed by atoms with van der Waals surface area (Å²) in [6.07, 6.45) is 0.643. The number of thiophene rings is 1. The molecule has 0 aliphatic carbocycles. The zero-order valence-electron chi connectivity index (χ0n) is 17.4. The van der Waals surface area contributed by atoms with Gasteiger partial charge in [-0.3, -0.25) is 13.9 Å². The van der Waals surface area contributed by atoms with Crippen LogP contribution >= 0.6 is 11.3 Å². The van der Waals surface area contributed by atoms with Crippen LogP contribution in [0.5, 0.6) is 0 Å². The summed E-state index contributed by atoms with van der Waals surface area (Å²) in [5, 5.41) is 0.417. The molecule has 0 atom stereocenters. The Labute approximate surface area is 173 Å². The van der Waals surface area contributed by atoms with Crippen molar-refractivity contribution in [1.82, 2.24) is 9.13 Å². The van der Waals surface area contributed by atoms with Crippen molar-refractivity contribution in [2.24, 2.45) is 0 Å². The van der Waals surface area contributed by atoms with Crippen molar-refractivity contribution in [2.75, 3.05) is 6.61 Å². The lowest BCUT2D eigenvalue weighted by Gasteiger charge is -2.23. The first kappa shape index (κ1) is 21.0. The summed E-state index contributed by atoms with van der Waals surface area (Å²) in [5.41, 5.74) is 0.259. The van der Waals surface area contributed by atoms with Crippen LogP contribution in [0.15, 0.2) is 39.9 Å². The third-order valence-electron chi connectivity index (χ3n) is 4.81. The summed E-state index contributed by atoms with van der Waals surface area (Å²) in [6, 6.07) is 9.87. The highest BCUT2D eigenvalue weighted by Crippen LogP contribution is 2.29. The van der Waals surface area contributed by atoms with Gasteiger partial charge in [0.05, 0.1) is 12.0 Å². The fourth-order valence-corrected chi connectivity index (χ4v) is 4.62. The molecule has 1 aromatic carbocycles. The van der Waals surface area contributed by atoms with Crippen molar-refractivity contribution in [3.05, 3.63) is 67.2 Å². The number of nitrogens with zero attached hydrogens (tertiary/aromatic N) is 2. The van der Waals surface area contributed by atoms with Gasteiger partial charge in [0.2, 0.25) is 0 Å². The standard InChI is InChI=1S/C22H26N2O4S/c1-6-28-20(26)17-14(2)16-18(25)24(22(3,4)5)21(27)23(19(16)29-17)13-12-15-10-8-7-9-11-15/h7-11H,6,12-13H2,1-5H3. The van der Waals surface area contributed by atoms with Gasteiger partial charge in [0.25, 0.3) is 5.56 Å². The van der Waals surface area contributed by atoms with Crippen molar-refractivity contribution in [3.8, 4) is 0 Å². The Balaban J connectivity index is 2.27. The fraction of sp³-hybridized carbons (Fsp3) is 0.409. The highest BCUT2D eigenvalue weighted by Gasteiger charge is 2.27. The van der Waals surface area contributed by atoms with E-state index in [2.05, 4.69) is 0 Å². The summed E-state index contributed by atoms with van der Waals surface area (Å²) in [7, 11) is 0. The molecule has 7 heteroatoms. The Hall–Kier alpha value is -2.67. The number of fused-ring (bicyclic) bond motifs is 1. The first-order valence-electron chi connectivity index (χ1n) is 9.67. The minimum Gasteiger partial charge on any atom is -0.462 e. The van der Waals surface area contributed by atoms with Crippen molar-refractivity contribution in [2.45, 2.75) is 53.1 Å². The monoisotopic (exact) mass is 414 g/mol. The lowest BCUT2D eigenvalue weighted by atomic mass is 10.1. The molecule has 0 fully saturated rings. The summed E-state index contributed by atoms with van der Waals surface area (Å²) < 4.78 is 8.06. The minimum absolute atomic E-state index is 0.250. The van der Waals surface area contributed by atoms with Crippen LogP contribution in [0.4, 0.5) is 0 Å². The number of benzene rings is 1. The number of aryl methyl sites for hydroxylation is 3. The van der Waals surface area contributed by atoms with E-state index in [4.69, 9.17) is 4.74 Å². The van der Waals surface area contributed by atoms with Crippen LogP contribution in [0.25, 0.3) is 10.2 Å². The van der Waals surface area contributed by atoms with E-state index in [1.54, 1.807) is 18.4 Å². The molecule has 3 aromatic rings. The van der Waals surface area contributed by atoms with Gasteiger partial charge in [-0.1, -0.05) is 30.3 Å². The zero-order valence-corrected chi connectivity index (χ0v) is 18.3. The average molecular weight is 415 g/mol. The highest BCUT2D eigenvalue weighted by molar-refractivity contribution is 7.20. The van der Waals surface area contributed by atoms with E-state index >= 15 is 0 Å². The lowest BCUT2D eigenvalue weighted by Crippen LogP contribution is -2.47. The van der Waals surface area contributed by atoms with E-state index < -0.39 is 11.5 Å². The molecule has 0 saturated carbocycles. The second kappa shape index (κ2) is 7.99. The van der Waals surface area contributed by atoms with Crippen LogP contribution in [-0.4, -0.2) is 21.7 Å². The number of carbonyl (C=O) groups is 1. The van der Waals surface area contributed by atoms with E-state index in [1.165, 1.54) is 4.57 Å². The van der Waals surface area contributed by atoms with E-state index in [9.17, 15) is 14.4 Å². The maximum Gasteiger partial charge on any atom is 0.348 e. The molecule has 0 bridgehead atoms. The van der Waals surface area contributed by atoms with Gasteiger partial charge in [-0.2, -0.15) is 0 Å². The Kier molecular flexibility index (Phi) is 5.80. The Morgan fingerprint density at radius 1 is 1.14 bits per heavy atom. The van der Waals surface area contributed by atoms with Gasteiger partial charge >= 0.3 is 11.7 Å². The summed E-state index contributed by atoms with van der Waals surface area (Å²) >= 11 is 1.16. The van der Waals surface area contributed by atoms with Crippen molar-refractivity contribution < 1.29 is 9.53 Å².